The third-order valence-corrected chi connectivity index (χ3v) is 5.74. The fraction of sp³-hybridized carbons (Fsp3) is 0.214. The molecular formula is C14H15N3O2S2. The second kappa shape index (κ2) is 5.25. The number of imidazole rings is 1. The summed E-state index contributed by atoms with van der Waals surface area (Å²) < 4.78 is 29.4. The molecule has 0 aliphatic carbocycles. The van der Waals surface area contributed by atoms with Crippen LogP contribution >= 0.6 is 11.3 Å². The number of nitrogens with one attached hydrogen (secondary N) is 1. The van der Waals surface area contributed by atoms with Crippen LogP contribution in [0.1, 0.15) is 16.8 Å². The van der Waals surface area contributed by atoms with Gasteiger partial charge in [0.2, 0.25) is 10.0 Å². The Kier molecular flexibility index (Phi) is 3.56. The number of benzene rings is 1. The van der Waals surface area contributed by atoms with Gasteiger partial charge >= 0.3 is 0 Å². The van der Waals surface area contributed by atoms with Crippen LogP contribution < -0.4 is 4.72 Å². The highest BCUT2D eigenvalue weighted by Gasteiger charge is 2.17. The van der Waals surface area contributed by atoms with Crippen LogP contribution in [0.2, 0.25) is 0 Å². The van der Waals surface area contributed by atoms with Crippen LogP contribution in [-0.4, -0.2) is 17.8 Å². The van der Waals surface area contributed by atoms with E-state index in [9.17, 15) is 8.42 Å². The number of sulfonamides is 1. The molecule has 3 aromatic rings. The molecule has 0 saturated heterocycles. The standard InChI is InChI=1S/C14H15N3O2S2/c1-10-3-4-11(2)13(7-10)21(18,19)16-8-12-9-20-14-15-5-6-17(12)14/h3-7,9,16H,8H2,1-2H3. The lowest BCUT2D eigenvalue weighted by atomic mass is 10.2. The number of hydrogen-bond acceptors (Lipinski definition) is 4. The summed E-state index contributed by atoms with van der Waals surface area (Å²) in [7, 11) is -3.52. The molecule has 2 heterocycles. The van der Waals surface area contributed by atoms with Gasteiger partial charge in [-0.15, -0.1) is 11.3 Å². The van der Waals surface area contributed by atoms with Gasteiger partial charge in [-0.3, -0.25) is 4.40 Å². The van der Waals surface area contributed by atoms with Gasteiger partial charge in [0.05, 0.1) is 11.4 Å². The Morgan fingerprint density at radius 3 is 2.95 bits per heavy atom. The lowest BCUT2D eigenvalue weighted by Gasteiger charge is -2.09. The molecule has 21 heavy (non-hydrogen) atoms. The fourth-order valence-electron chi connectivity index (χ4n) is 2.14. The maximum absolute atomic E-state index is 12.4. The van der Waals surface area contributed by atoms with Crippen molar-refractivity contribution in [3.05, 3.63) is 52.8 Å². The average molecular weight is 321 g/mol. The zero-order valence-electron chi connectivity index (χ0n) is 11.7. The Labute approximate surface area is 127 Å². The molecule has 0 radical (unpaired) electrons. The zero-order chi connectivity index (χ0) is 15.0. The molecule has 0 aliphatic rings. The number of aryl methyl sites for hydroxylation is 2. The monoisotopic (exact) mass is 321 g/mol. The van der Waals surface area contributed by atoms with E-state index in [1.54, 1.807) is 19.2 Å². The number of fused-ring (bicyclic) bond motifs is 1. The summed E-state index contributed by atoms with van der Waals surface area (Å²) in [5, 5.41) is 1.91. The molecule has 0 aliphatic heterocycles. The second-order valence-electron chi connectivity index (χ2n) is 4.90. The highest BCUT2D eigenvalue weighted by Crippen LogP contribution is 2.18. The lowest BCUT2D eigenvalue weighted by molar-refractivity contribution is 0.579. The van der Waals surface area contributed by atoms with E-state index in [0.29, 0.717) is 4.90 Å². The minimum Gasteiger partial charge on any atom is -0.293 e. The zero-order valence-corrected chi connectivity index (χ0v) is 13.3. The number of nitrogens with zero attached hydrogens (tertiary/aromatic N) is 2. The van der Waals surface area contributed by atoms with E-state index in [1.165, 1.54) is 11.3 Å². The maximum atomic E-state index is 12.4. The molecule has 1 aromatic carbocycles. The predicted octanol–water partition coefficient (Wildman–Crippen LogP) is 2.49. The van der Waals surface area contributed by atoms with Crippen molar-refractivity contribution < 1.29 is 8.42 Å². The van der Waals surface area contributed by atoms with E-state index >= 15 is 0 Å². The minimum absolute atomic E-state index is 0.242. The molecule has 0 unspecified atom stereocenters. The van der Waals surface area contributed by atoms with Crippen molar-refractivity contribution in [2.75, 3.05) is 0 Å². The molecule has 3 rings (SSSR count). The van der Waals surface area contributed by atoms with Gasteiger partial charge in [0.1, 0.15) is 0 Å². The van der Waals surface area contributed by atoms with E-state index in [-0.39, 0.29) is 6.54 Å². The summed E-state index contributed by atoms with van der Waals surface area (Å²) in [5.74, 6) is 0. The molecular weight excluding hydrogens is 306 g/mol. The molecule has 1 N–H and O–H groups in total. The highest BCUT2D eigenvalue weighted by atomic mass is 32.2. The van der Waals surface area contributed by atoms with Crippen LogP contribution in [0.5, 0.6) is 0 Å². The Hall–Kier alpha value is -1.70. The van der Waals surface area contributed by atoms with E-state index in [0.717, 1.165) is 21.8 Å². The van der Waals surface area contributed by atoms with Crippen molar-refractivity contribution in [3.63, 3.8) is 0 Å². The number of aromatic nitrogens is 2. The van der Waals surface area contributed by atoms with E-state index in [2.05, 4.69) is 9.71 Å². The minimum atomic E-state index is -3.52. The topological polar surface area (TPSA) is 63.5 Å². The molecule has 7 heteroatoms. The molecule has 0 bridgehead atoms. The summed E-state index contributed by atoms with van der Waals surface area (Å²) in [6.45, 7) is 3.92. The molecule has 0 amide bonds. The number of hydrogen-bond donors (Lipinski definition) is 1. The van der Waals surface area contributed by atoms with Crippen molar-refractivity contribution in [1.29, 1.82) is 0 Å². The highest BCUT2D eigenvalue weighted by molar-refractivity contribution is 7.89. The fourth-order valence-corrected chi connectivity index (χ4v) is 4.32. The van der Waals surface area contributed by atoms with Gasteiger partial charge in [0, 0.05) is 23.5 Å². The molecule has 5 nitrogen and oxygen atoms in total. The second-order valence-corrected chi connectivity index (χ2v) is 7.47. The quantitative estimate of drug-likeness (QED) is 0.803. The Morgan fingerprint density at radius 1 is 1.33 bits per heavy atom. The number of thiazole rings is 1. The van der Waals surface area contributed by atoms with Gasteiger partial charge in [-0.2, -0.15) is 0 Å². The van der Waals surface area contributed by atoms with E-state index < -0.39 is 10.0 Å². The third-order valence-electron chi connectivity index (χ3n) is 3.29. The van der Waals surface area contributed by atoms with Crippen LogP contribution in [0, 0.1) is 13.8 Å². The molecule has 0 saturated carbocycles. The molecule has 0 spiro atoms. The molecule has 2 aromatic heterocycles. The van der Waals surface area contributed by atoms with Crippen molar-refractivity contribution in [3.8, 4) is 0 Å². The molecule has 0 fully saturated rings. The first-order chi connectivity index (χ1) is 9.97. The van der Waals surface area contributed by atoms with Crippen molar-refractivity contribution in [1.82, 2.24) is 14.1 Å². The molecule has 0 atom stereocenters. The largest absolute Gasteiger partial charge is 0.293 e. The van der Waals surface area contributed by atoms with E-state index in [1.807, 2.05) is 35.0 Å². The van der Waals surface area contributed by atoms with Crippen molar-refractivity contribution in [2.45, 2.75) is 25.3 Å². The third kappa shape index (κ3) is 2.72. The predicted molar refractivity (Wildman–Crippen MR) is 83.0 cm³/mol. The van der Waals surface area contributed by atoms with E-state index in [4.69, 9.17) is 0 Å². The lowest BCUT2D eigenvalue weighted by Crippen LogP contribution is -2.24. The van der Waals surface area contributed by atoms with Gasteiger partial charge < -0.3 is 0 Å². The summed E-state index contributed by atoms with van der Waals surface area (Å²) >= 11 is 1.49. The normalized spacial score (nSPS) is 12.1. The average Bonchev–Trinajstić information content (AvgIpc) is 3.02. The Bertz CT molecular complexity index is 894. The Balaban J connectivity index is 1.87. The van der Waals surface area contributed by atoms with Crippen LogP contribution in [-0.2, 0) is 16.6 Å². The summed E-state index contributed by atoms with van der Waals surface area (Å²) in [6.07, 6.45) is 3.53. The van der Waals surface area contributed by atoms with Crippen molar-refractivity contribution in [2.24, 2.45) is 0 Å². The molecule has 110 valence electrons. The van der Waals surface area contributed by atoms with Crippen LogP contribution in [0.25, 0.3) is 4.96 Å². The van der Waals surface area contributed by atoms with Crippen LogP contribution in [0.4, 0.5) is 0 Å². The summed E-state index contributed by atoms with van der Waals surface area (Å²) in [4.78, 5) is 5.36. The first-order valence-corrected chi connectivity index (χ1v) is 8.80. The first kappa shape index (κ1) is 14.2. The first-order valence-electron chi connectivity index (χ1n) is 6.44. The van der Waals surface area contributed by atoms with Gasteiger partial charge in [-0.05, 0) is 31.0 Å². The van der Waals surface area contributed by atoms with Crippen molar-refractivity contribution >= 4 is 26.3 Å². The smallest absolute Gasteiger partial charge is 0.241 e. The van der Waals surface area contributed by atoms with Crippen LogP contribution in [0.3, 0.4) is 0 Å². The van der Waals surface area contributed by atoms with Gasteiger partial charge in [-0.25, -0.2) is 18.1 Å². The Morgan fingerprint density at radius 2 is 2.14 bits per heavy atom. The SMILES string of the molecule is Cc1ccc(C)c(S(=O)(=O)NCc2csc3nccn23)c1. The summed E-state index contributed by atoms with van der Waals surface area (Å²) in [6, 6.07) is 5.42. The van der Waals surface area contributed by atoms with Gasteiger partial charge in [0.15, 0.2) is 4.96 Å². The summed E-state index contributed by atoms with van der Waals surface area (Å²) in [5.41, 5.74) is 2.54. The van der Waals surface area contributed by atoms with Gasteiger partial charge in [-0.1, -0.05) is 12.1 Å². The van der Waals surface area contributed by atoms with Crippen LogP contribution in [0.15, 0.2) is 40.9 Å². The number of rotatable bonds is 4. The maximum Gasteiger partial charge on any atom is 0.241 e. The van der Waals surface area contributed by atoms with Gasteiger partial charge in [0.25, 0.3) is 0 Å².